The zero-order valence-electron chi connectivity index (χ0n) is 29.8. The van der Waals surface area contributed by atoms with Crippen LogP contribution in [0.4, 0.5) is 0 Å². The Hall–Kier alpha value is -4.93. The molecule has 15 N–H and O–H groups in total. The lowest BCUT2D eigenvalue weighted by atomic mass is 9.96. The van der Waals surface area contributed by atoms with Crippen LogP contribution in [0.1, 0.15) is 53.9 Å². The van der Waals surface area contributed by atoms with Crippen molar-refractivity contribution in [3.05, 3.63) is 0 Å². The second-order valence-electron chi connectivity index (χ2n) is 12.4. The van der Waals surface area contributed by atoms with Crippen LogP contribution >= 0.6 is 0 Å². The largest absolute Gasteiger partial charge is 0.480 e. The molecule has 0 saturated carbocycles. The molecule has 0 spiro atoms. The predicted molar refractivity (Wildman–Crippen MR) is 180 cm³/mol. The number of aliphatic hydroxyl groups is 3. The van der Waals surface area contributed by atoms with Crippen LogP contribution < -0.4 is 48.7 Å². The third-order valence-corrected chi connectivity index (χ3v) is 7.51. The average Bonchev–Trinajstić information content (AvgIpc) is 3.07. The summed E-state index contributed by atoms with van der Waals surface area (Å²) in [5, 5.41) is 53.3. The molecule has 8 atom stereocenters. The van der Waals surface area contributed by atoms with Crippen molar-refractivity contribution in [2.75, 3.05) is 26.4 Å². The van der Waals surface area contributed by atoms with Gasteiger partial charge in [-0.2, -0.15) is 0 Å². The Morgan fingerprint density at radius 2 is 1.10 bits per heavy atom. The number of aliphatic hydroxyl groups excluding tert-OH is 3. The van der Waals surface area contributed by atoms with Gasteiger partial charge in [-0.3, -0.25) is 38.4 Å². The second kappa shape index (κ2) is 23.5. The van der Waals surface area contributed by atoms with Gasteiger partial charge in [0.25, 0.3) is 0 Å². The molecule has 52 heavy (non-hydrogen) atoms. The lowest BCUT2D eigenvalue weighted by Crippen LogP contribution is -2.60. The molecule has 0 saturated heterocycles. The molecular weight excluding hydrogens is 694 g/mol. The van der Waals surface area contributed by atoms with Crippen molar-refractivity contribution < 1.29 is 63.6 Å². The summed E-state index contributed by atoms with van der Waals surface area (Å²) >= 11 is 0. The molecule has 0 fully saturated rings. The number of rotatable bonds is 24. The molecule has 0 aromatic carbocycles. The second-order valence-corrected chi connectivity index (χ2v) is 12.4. The Labute approximate surface area is 299 Å². The van der Waals surface area contributed by atoms with Crippen LogP contribution in [0.25, 0.3) is 0 Å². The number of carboxylic acid groups (broad SMARTS) is 1. The first-order valence-electron chi connectivity index (χ1n) is 16.4. The Balaban J connectivity index is 5.54. The minimum atomic E-state index is -1.70. The highest BCUT2D eigenvalue weighted by molar-refractivity contribution is 5.97. The molecule has 0 rings (SSSR count). The van der Waals surface area contributed by atoms with Crippen molar-refractivity contribution >= 4 is 53.2 Å². The first kappa shape index (κ1) is 47.1. The van der Waals surface area contributed by atoms with Gasteiger partial charge in [0.15, 0.2) is 0 Å². The van der Waals surface area contributed by atoms with Gasteiger partial charge in [0.1, 0.15) is 36.3 Å². The summed E-state index contributed by atoms with van der Waals surface area (Å²) in [7, 11) is 0. The van der Waals surface area contributed by atoms with Gasteiger partial charge in [-0.25, -0.2) is 4.79 Å². The summed E-state index contributed by atoms with van der Waals surface area (Å²) in [6.45, 7) is 4.68. The number of primary amides is 1. The number of hydrogen-bond acceptors (Lipinski definition) is 13. The number of carbonyl (C=O) groups excluding carboxylic acids is 8. The van der Waals surface area contributed by atoms with E-state index in [0.717, 1.165) is 0 Å². The molecule has 0 aliphatic carbocycles. The monoisotopic (exact) mass is 747 g/mol. The van der Waals surface area contributed by atoms with Gasteiger partial charge in [-0.15, -0.1) is 0 Å². The fraction of sp³-hybridized carbons (Fsp3) is 0.700. The summed E-state index contributed by atoms with van der Waals surface area (Å²) in [6, 6.07) is -10.0. The van der Waals surface area contributed by atoms with Crippen molar-refractivity contribution in [3.63, 3.8) is 0 Å². The lowest BCUT2D eigenvalue weighted by Gasteiger charge is -2.29. The van der Waals surface area contributed by atoms with Gasteiger partial charge in [-0.1, -0.05) is 34.1 Å². The summed E-state index contributed by atoms with van der Waals surface area (Å²) in [4.78, 5) is 111. The number of nitrogens with two attached hydrogens (primary N) is 2. The molecule has 0 unspecified atom stereocenters. The summed E-state index contributed by atoms with van der Waals surface area (Å²) < 4.78 is 0. The minimum absolute atomic E-state index is 0.0477. The number of carboxylic acids is 1. The van der Waals surface area contributed by atoms with Gasteiger partial charge in [0.2, 0.25) is 47.3 Å². The topological polar surface area (TPSA) is 371 Å². The number of amides is 8. The molecule has 22 nitrogen and oxygen atoms in total. The maximum atomic E-state index is 13.5. The smallest absolute Gasteiger partial charge is 0.328 e. The lowest BCUT2D eigenvalue weighted by molar-refractivity contribution is -0.143. The highest BCUT2D eigenvalue weighted by atomic mass is 16.4. The van der Waals surface area contributed by atoms with Crippen LogP contribution in [0.15, 0.2) is 0 Å². The first-order valence-corrected chi connectivity index (χ1v) is 16.4. The van der Waals surface area contributed by atoms with E-state index >= 15 is 0 Å². The fourth-order valence-electron chi connectivity index (χ4n) is 4.30. The maximum Gasteiger partial charge on any atom is 0.328 e. The number of carbonyl (C=O) groups is 9. The van der Waals surface area contributed by atoms with E-state index in [4.69, 9.17) is 21.7 Å². The van der Waals surface area contributed by atoms with E-state index in [1.807, 2.05) is 5.32 Å². The Bertz CT molecular complexity index is 1280. The third kappa shape index (κ3) is 16.9. The highest BCUT2D eigenvalue weighted by Gasteiger charge is 2.34. The normalized spacial score (nSPS) is 15.6. The number of nitrogens with one attached hydrogen (secondary N) is 7. The van der Waals surface area contributed by atoms with E-state index in [1.165, 1.54) is 6.92 Å². The van der Waals surface area contributed by atoms with Crippen LogP contribution in [-0.2, 0) is 43.2 Å². The summed E-state index contributed by atoms with van der Waals surface area (Å²) in [6.07, 6.45) is -0.0895. The quantitative estimate of drug-likeness (QED) is 0.0437. The molecule has 296 valence electrons. The van der Waals surface area contributed by atoms with Crippen molar-refractivity contribution in [1.82, 2.24) is 37.2 Å². The standard InChI is InChI=1S/C30H53N9O13/c1-6-14(4)23(29(50)35-17(7-13(2)3)27(48)37-19(11-41)28(49)38-20(12-42)30(51)52)39-24(45)15(5)34-22(44)9-33-26(47)18(10-40)36-25(46)16(31)8-21(32)43/h13-20,23,40-42H,6-12,31H2,1-5H3,(H2,32,43)(H,33,47)(H,34,44)(H,35,50)(H,36,46)(H,37,48)(H,38,49)(H,39,45)(H,51,52)/t14-,15-,16-,17-,18-,19-,20-,23-/m0/s1. The van der Waals surface area contributed by atoms with E-state index in [2.05, 4.69) is 31.9 Å². The predicted octanol–water partition coefficient (Wildman–Crippen LogP) is -6.61. The summed E-state index contributed by atoms with van der Waals surface area (Å²) in [5.74, 6) is -9.52. The van der Waals surface area contributed by atoms with Gasteiger partial charge < -0.3 is 69.1 Å². The van der Waals surface area contributed by atoms with E-state index in [9.17, 15) is 53.4 Å². The van der Waals surface area contributed by atoms with Crippen molar-refractivity contribution in [2.45, 2.75) is 96.2 Å². The Morgan fingerprint density at radius 1 is 0.615 bits per heavy atom. The summed E-state index contributed by atoms with van der Waals surface area (Å²) in [5.41, 5.74) is 10.5. The molecule has 0 bridgehead atoms. The molecule has 0 aromatic rings. The van der Waals surface area contributed by atoms with Crippen molar-refractivity contribution in [3.8, 4) is 0 Å². The molecule has 0 radical (unpaired) electrons. The zero-order chi connectivity index (χ0) is 40.3. The van der Waals surface area contributed by atoms with Crippen LogP contribution in [-0.4, -0.2) is 142 Å². The molecule has 8 amide bonds. The first-order chi connectivity index (χ1) is 24.2. The number of aliphatic carboxylic acids is 1. The van der Waals surface area contributed by atoms with Crippen LogP contribution in [0.2, 0.25) is 0 Å². The van der Waals surface area contributed by atoms with Crippen molar-refractivity contribution in [1.29, 1.82) is 0 Å². The van der Waals surface area contributed by atoms with Crippen LogP contribution in [0.3, 0.4) is 0 Å². The molecule has 0 aromatic heterocycles. The zero-order valence-corrected chi connectivity index (χ0v) is 29.8. The Kier molecular flexibility index (Phi) is 21.3. The van der Waals surface area contributed by atoms with Crippen LogP contribution in [0, 0.1) is 11.8 Å². The van der Waals surface area contributed by atoms with Gasteiger partial charge in [0, 0.05) is 0 Å². The molecular formula is C30H53N9O13. The average molecular weight is 748 g/mol. The van der Waals surface area contributed by atoms with Crippen molar-refractivity contribution in [2.24, 2.45) is 23.3 Å². The van der Waals surface area contributed by atoms with Crippen LogP contribution in [0.5, 0.6) is 0 Å². The Morgan fingerprint density at radius 3 is 1.58 bits per heavy atom. The third-order valence-electron chi connectivity index (χ3n) is 7.51. The van der Waals surface area contributed by atoms with E-state index in [1.54, 1.807) is 27.7 Å². The van der Waals surface area contributed by atoms with Gasteiger partial charge in [0.05, 0.1) is 38.8 Å². The fourth-order valence-corrected chi connectivity index (χ4v) is 4.30. The van der Waals surface area contributed by atoms with E-state index in [0.29, 0.717) is 6.42 Å². The SMILES string of the molecule is CC[C@H](C)[C@H](NC(=O)[C@H](C)NC(=O)CNC(=O)[C@H](CO)NC(=O)[C@@H](N)CC(N)=O)C(=O)N[C@@H](CC(C)C)C(=O)N[C@@H](CO)C(=O)N[C@@H](CO)C(=O)O. The highest BCUT2D eigenvalue weighted by Crippen LogP contribution is 2.11. The van der Waals surface area contributed by atoms with E-state index in [-0.39, 0.29) is 12.3 Å². The van der Waals surface area contributed by atoms with E-state index < -0.39 is 134 Å². The molecule has 0 aliphatic heterocycles. The molecule has 22 heteroatoms. The van der Waals surface area contributed by atoms with Gasteiger partial charge >= 0.3 is 5.97 Å². The van der Waals surface area contributed by atoms with Gasteiger partial charge in [-0.05, 0) is 25.2 Å². The molecule has 0 heterocycles. The molecule has 0 aliphatic rings. The minimum Gasteiger partial charge on any atom is -0.480 e. The maximum absolute atomic E-state index is 13.5. The number of hydrogen-bond donors (Lipinski definition) is 13.